The maximum Gasteiger partial charge on any atom is 0.159 e. The van der Waals surface area contributed by atoms with Crippen LogP contribution in [0.2, 0.25) is 0 Å². The quantitative estimate of drug-likeness (QED) is 0.408. The Hall–Kier alpha value is -3.98. The molecule has 0 aliphatic heterocycles. The van der Waals surface area contributed by atoms with Crippen molar-refractivity contribution in [1.82, 2.24) is 35.1 Å². The average Bonchev–Trinajstić information content (AvgIpc) is 3.53. The number of nitrogens with zero attached hydrogens (tertiary/aromatic N) is 5. The normalized spacial score (nSPS) is 11.5. The molecule has 0 saturated heterocycles. The van der Waals surface area contributed by atoms with Gasteiger partial charge in [0.15, 0.2) is 11.5 Å². The van der Waals surface area contributed by atoms with Crippen molar-refractivity contribution < 1.29 is 4.39 Å². The molecule has 7 nitrogen and oxygen atoms in total. The van der Waals surface area contributed by atoms with E-state index in [1.54, 1.807) is 29.9 Å². The van der Waals surface area contributed by atoms with Crippen molar-refractivity contribution in [3.63, 3.8) is 0 Å². The Balaban J connectivity index is 1.57. The fourth-order valence-electron chi connectivity index (χ4n) is 3.70. The maximum atomic E-state index is 15.7. The summed E-state index contributed by atoms with van der Waals surface area (Å²) in [6.07, 6.45) is 6.55. The van der Waals surface area contributed by atoms with Gasteiger partial charge >= 0.3 is 0 Å². The summed E-state index contributed by atoms with van der Waals surface area (Å²) in [5.41, 5.74) is 5.00. The molecule has 2 N–H and O–H groups in total. The number of thiophene rings is 1. The van der Waals surface area contributed by atoms with E-state index in [1.807, 2.05) is 36.6 Å². The van der Waals surface area contributed by atoms with Crippen molar-refractivity contribution in [2.24, 2.45) is 0 Å². The van der Waals surface area contributed by atoms with E-state index in [0.717, 1.165) is 21.7 Å². The van der Waals surface area contributed by atoms with E-state index in [4.69, 9.17) is 4.98 Å². The average molecular weight is 427 g/mol. The van der Waals surface area contributed by atoms with Crippen molar-refractivity contribution in [1.29, 1.82) is 0 Å². The fraction of sp³-hybridized carbons (Fsp3) is 0.0455. The van der Waals surface area contributed by atoms with E-state index in [-0.39, 0.29) is 5.39 Å². The summed E-state index contributed by atoms with van der Waals surface area (Å²) in [5.74, 6) is 0.0368. The first-order chi connectivity index (χ1) is 15.2. The molecule has 0 saturated carbocycles. The minimum absolute atomic E-state index is 0.283. The van der Waals surface area contributed by atoms with Gasteiger partial charge < -0.3 is 4.98 Å². The highest BCUT2D eigenvalue weighted by atomic mass is 32.1. The van der Waals surface area contributed by atoms with Crippen LogP contribution in [0.3, 0.4) is 0 Å². The number of fused-ring (bicyclic) bond motifs is 2. The van der Waals surface area contributed by atoms with Crippen LogP contribution in [0, 0.1) is 12.7 Å². The summed E-state index contributed by atoms with van der Waals surface area (Å²) in [6.45, 7) is 1.91. The van der Waals surface area contributed by atoms with Crippen LogP contribution in [0.1, 0.15) is 5.56 Å². The first-order valence-corrected chi connectivity index (χ1v) is 10.4. The summed E-state index contributed by atoms with van der Waals surface area (Å²) in [6, 6.07) is 7.65. The lowest BCUT2D eigenvalue weighted by Gasteiger charge is -2.06. The van der Waals surface area contributed by atoms with Gasteiger partial charge in [0.2, 0.25) is 0 Å². The Bertz CT molecular complexity index is 1570. The Kier molecular flexibility index (Phi) is 3.90. The van der Waals surface area contributed by atoms with E-state index in [2.05, 4.69) is 30.1 Å². The zero-order valence-electron chi connectivity index (χ0n) is 16.2. The van der Waals surface area contributed by atoms with Gasteiger partial charge in [0.1, 0.15) is 22.7 Å². The molecule has 150 valence electrons. The molecule has 6 rings (SSSR count). The first kappa shape index (κ1) is 17.8. The van der Waals surface area contributed by atoms with Crippen LogP contribution in [0.4, 0.5) is 4.39 Å². The van der Waals surface area contributed by atoms with Gasteiger partial charge in [0, 0.05) is 35.9 Å². The zero-order valence-corrected chi connectivity index (χ0v) is 17.0. The topological polar surface area (TPSA) is 96.0 Å². The number of nitrogens with one attached hydrogen (secondary N) is 2. The van der Waals surface area contributed by atoms with Gasteiger partial charge in [-0.15, -0.1) is 11.3 Å². The second-order valence-electron chi connectivity index (χ2n) is 7.09. The van der Waals surface area contributed by atoms with Crippen molar-refractivity contribution in [2.75, 3.05) is 0 Å². The Morgan fingerprint density at radius 2 is 1.94 bits per heavy atom. The summed E-state index contributed by atoms with van der Waals surface area (Å²) in [5, 5.41) is 9.41. The molecule has 0 atom stereocenters. The highest BCUT2D eigenvalue weighted by Crippen LogP contribution is 2.35. The number of rotatable bonds is 3. The van der Waals surface area contributed by atoms with Crippen LogP contribution in [-0.2, 0) is 0 Å². The molecule has 0 aliphatic carbocycles. The molecule has 0 spiro atoms. The molecule has 0 aromatic carbocycles. The standard InChI is InChI=1S/C22H14FN7S/c1-11-4-6-24-9-12(11)13-10-26-21-16(17(13)23)20(29-30-21)22-27-14-5-7-25-19(18(14)28-22)15-3-2-8-31-15/h2-10H,1H3,(H,27,28)(H,26,29,30). The highest BCUT2D eigenvalue weighted by Gasteiger charge is 2.22. The van der Waals surface area contributed by atoms with Gasteiger partial charge in [-0.05, 0) is 36.1 Å². The number of H-pyrrole nitrogens is 2. The molecule has 9 heteroatoms. The molecule has 0 amide bonds. The van der Waals surface area contributed by atoms with E-state index >= 15 is 4.39 Å². The lowest BCUT2D eigenvalue weighted by atomic mass is 10.0. The number of halogens is 1. The molecule has 0 aliphatic rings. The summed E-state index contributed by atoms with van der Waals surface area (Å²) in [4.78, 5) is 22.0. The second kappa shape index (κ2) is 6.78. The molecule has 31 heavy (non-hydrogen) atoms. The minimum atomic E-state index is -0.415. The summed E-state index contributed by atoms with van der Waals surface area (Å²) >= 11 is 1.59. The van der Waals surface area contributed by atoms with E-state index in [1.165, 1.54) is 6.20 Å². The van der Waals surface area contributed by atoms with Gasteiger partial charge in [-0.25, -0.2) is 14.4 Å². The van der Waals surface area contributed by atoms with Gasteiger partial charge in [-0.2, -0.15) is 5.10 Å². The molecular weight excluding hydrogens is 413 g/mol. The molecule has 0 fully saturated rings. The number of aryl methyl sites for hydroxylation is 1. The van der Waals surface area contributed by atoms with Crippen molar-refractivity contribution in [2.45, 2.75) is 6.92 Å². The van der Waals surface area contributed by atoms with Gasteiger partial charge in [-0.3, -0.25) is 15.1 Å². The largest absolute Gasteiger partial charge is 0.336 e. The third-order valence-corrected chi connectivity index (χ3v) is 6.11. The molecule has 6 aromatic rings. The minimum Gasteiger partial charge on any atom is -0.336 e. The smallest absolute Gasteiger partial charge is 0.159 e. The van der Waals surface area contributed by atoms with Crippen molar-refractivity contribution in [3.05, 3.63) is 65.8 Å². The summed E-state index contributed by atoms with van der Waals surface area (Å²) in [7, 11) is 0. The monoisotopic (exact) mass is 427 g/mol. The number of imidazole rings is 1. The predicted octanol–water partition coefficient (Wildman–Crippen LogP) is 5.13. The summed E-state index contributed by atoms with van der Waals surface area (Å²) < 4.78 is 15.7. The van der Waals surface area contributed by atoms with Crippen LogP contribution in [-0.4, -0.2) is 35.1 Å². The van der Waals surface area contributed by atoms with Gasteiger partial charge in [-0.1, -0.05) is 6.07 Å². The lowest BCUT2D eigenvalue weighted by Crippen LogP contribution is -1.93. The van der Waals surface area contributed by atoms with E-state index < -0.39 is 5.82 Å². The van der Waals surface area contributed by atoms with Crippen molar-refractivity contribution >= 4 is 33.4 Å². The Morgan fingerprint density at radius 1 is 1.00 bits per heavy atom. The van der Waals surface area contributed by atoms with Gasteiger partial charge in [0.25, 0.3) is 0 Å². The first-order valence-electron chi connectivity index (χ1n) is 9.53. The molecule has 0 unspecified atom stereocenters. The predicted molar refractivity (Wildman–Crippen MR) is 118 cm³/mol. The number of pyridine rings is 3. The lowest BCUT2D eigenvalue weighted by molar-refractivity contribution is 0.642. The van der Waals surface area contributed by atoms with Gasteiger partial charge in [0.05, 0.1) is 15.8 Å². The highest BCUT2D eigenvalue weighted by molar-refractivity contribution is 7.13. The fourth-order valence-corrected chi connectivity index (χ4v) is 4.42. The molecule has 6 aromatic heterocycles. The third-order valence-electron chi connectivity index (χ3n) is 5.23. The maximum absolute atomic E-state index is 15.7. The SMILES string of the molecule is Cc1ccncc1-c1cnc2[nH]nc(-c3nc4c(-c5cccs5)nccc4[nH]3)c2c1F. The third kappa shape index (κ3) is 2.74. The molecule has 0 bridgehead atoms. The van der Waals surface area contributed by atoms with Crippen molar-refractivity contribution in [3.8, 4) is 33.2 Å². The van der Waals surface area contributed by atoms with Crippen LogP contribution in [0.5, 0.6) is 0 Å². The molecule has 0 radical (unpaired) electrons. The number of hydrogen-bond donors (Lipinski definition) is 2. The number of aromatic nitrogens is 7. The number of aromatic amines is 2. The van der Waals surface area contributed by atoms with Crippen LogP contribution >= 0.6 is 11.3 Å². The number of hydrogen-bond acceptors (Lipinski definition) is 6. The van der Waals surface area contributed by atoms with E-state index in [9.17, 15) is 0 Å². The van der Waals surface area contributed by atoms with Crippen LogP contribution in [0.25, 0.3) is 55.3 Å². The zero-order chi connectivity index (χ0) is 20.9. The Morgan fingerprint density at radius 3 is 2.77 bits per heavy atom. The molecule has 6 heterocycles. The van der Waals surface area contributed by atoms with Crippen LogP contribution in [0.15, 0.2) is 54.4 Å². The Labute approximate surface area is 179 Å². The van der Waals surface area contributed by atoms with Crippen LogP contribution < -0.4 is 0 Å². The second-order valence-corrected chi connectivity index (χ2v) is 8.04. The van der Waals surface area contributed by atoms with E-state index in [0.29, 0.717) is 33.8 Å². The molecular formula is C22H14FN7S.